The fourth-order valence-electron chi connectivity index (χ4n) is 1.87. The molecule has 0 unspecified atom stereocenters. The minimum Gasteiger partial charge on any atom is -0.271 e. The summed E-state index contributed by atoms with van der Waals surface area (Å²) in [7, 11) is 0. The van der Waals surface area contributed by atoms with Crippen LogP contribution in [-0.4, -0.2) is 0 Å². The molecule has 2 rings (SSSR count). The van der Waals surface area contributed by atoms with Crippen LogP contribution >= 0.6 is 0 Å². The fraction of sp³-hybridized carbons (Fsp3) is 0.0769. The van der Waals surface area contributed by atoms with E-state index < -0.39 is 29.3 Å². The van der Waals surface area contributed by atoms with Crippen LogP contribution in [0.1, 0.15) is 17.2 Å². The lowest BCUT2D eigenvalue weighted by molar-refractivity contribution is 0.554. The van der Waals surface area contributed by atoms with Gasteiger partial charge in [-0.25, -0.2) is 23.0 Å². The highest BCUT2D eigenvalue weighted by Crippen LogP contribution is 2.24. The lowest BCUT2D eigenvalue weighted by atomic mass is 9.99. The molecule has 0 aliphatic heterocycles. The van der Waals surface area contributed by atoms with Crippen LogP contribution in [0.2, 0.25) is 0 Å². The lowest BCUT2D eigenvalue weighted by Gasteiger charge is -2.17. The van der Waals surface area contributed by atoms with Crippen LogP contribution in [-0.2, 0) is 0 Å². The normalized spacial score (nSPS) is 11.1. The van der Waals surface area contributed by atoms with Crippen LogP contribution in [0.15, 0.2) is 36.4 Å². The molecule has 2 aromatic carbocycles. The van der Waals surface area contributed by atoms with E-state index in [1.807, 2.05) is 0 Å². The Hall–Kier alpha value is -1.92. The van der Waals surface area contributed by atoms with Crippen molar-refractivity contribution in [3.8, 4) is 0 Å². The maximum atomic E-state index is 13.1. The van der Waals surface area contributed by atoms with Crippen molar-refractivity contribution in [2.45, 2.75) is 6.04 Å². The zero-order chi connectivity index (χ0) is 14.0. The largest absolute Gasteiger partial charge is 0.271 e. The van der Waals surface area contributed by atoms with Gasteiger partial charge in [-0.1, -0.05) is 0 Å². The van der Waals surface area contributed by atoms with E-state index in [2.05, 4.69) is 5.43 Å². The summed E-state index contributed by atoms with van der Waals surface area (Å²) in [6, 6.07) is 4.63. The molecular formula is C13H10F4N2. The smallest absolute Gasteiger partial charge is 0.126 e. The van der Waals surface area contributed by atoms with Crippen molar-refractivity contribution in [3.05, 3.63) is 70.8 Å². The SMILES string of the molecule is NNC(c1cc(F)cc(F)c1)c1cc(F)cc(F)c1. The molecular weight excluding hydrogens is 260 g/mol. The second-order valence-corrected chi connectivity index (χ2v) is 4.01. The number of nitrogens with one attached hydrogen (secondary N) is 1. The van der Waals surface area contributed by atoms with Crippen molar-refractivity contribution < 1.29 is 17.6 Å². The third-order valence-electron chi connectivity index (χ3n) is 2.60. The van der Waals surface area contributed by atoms with Gasteiger partial charge in [-0.2, -0.15) is 0 Å². The molecule has 0 aromatic heterocycles. The molecule has 0 saturated carbocycles. The molecule has 0 aliphatic carbocycles. The second-order valence-electron chi connectivity index (χ2n) is 4.01. The molecule has 100 valence electrons. The molecule has 0 amide bonds. The standard InChI is InChI=1S/C13H10F4N2/c14-9-1-7(2-10(15)5-9)13(19-18)8-3-11(16)6-12(17)4-8/h1-6,13,19H,18H2. The van der Waals surface area contributed by atoms with Gasteiger partial charge in [-0.15, -0.1) is 0 Å². The highest BCUT2D eigenvalue weighted by molar-refractivity contribution is 5.33. The fourth-order valence-corrected chi connectivity index (χ4v) is 1.87. The van der Waals surface area contributed by atoms with E-state index in [1.165, 1.54) is 0 Å². The minimum absolute atomic E-state index is 0.130. The topological polar surface area (TPSA) is 38.0 Å². The first-order valence-electron chi connectivity index (χ1n) is 5.37. The van der Waals surface area contributed by atoms with Gasteiger partial charge in [0.1, 0.15) is 23.3 Å². The Balaban J connectivity index is 2.49. The molecule has 0 fully saturated rings. The van der Waals surface area contributed by atoms with E-state index in [0.29, 0.717) is 12.1 Å². The molecule has 0 heterocycles. The molecule has 0 bridgehead atoms. The van der Waals surface area contributed by atoms with E-state index in [0.717, 1.165) is 24.3 Å². The number of rotatable bonds is 3. The van der Waals surface area contributed by atoms with Gasteiger partial charge in [0.15, 0.2) is 0 Å². The minimum atomic E-state index is -0.921. The Kier molecular flexibility index (Phi) is 3.82. The molecule has 2 nitrogen and oxygen atoms in total. The number of nitrogens with two attached hydrogens (primary N) is 1. The lowest BCUT2D eigenvalue weighted by Crippen LogP contribution is -2.29. The van der Waals surface area contributed by atoms with E-state index in [1.54, 1.807) is 0 Å². The van der Waals surface area contributed by atoms with Crippen molar-refractivity contribution >= 4 is 0 Å². The van der Waals surface area contributed by atoms with Crippen LogP contribution in [0, 0.1) is 23.3 Å². The first-order chi connectivity index (χ1) is 8.99. The molecule has 0 atom stereocenters. The van der Waals surface area contributed by atoms with Crippen molar-refractivity contribution in [2.24, 2.45) is 5.84 Å². The number of halogens is 4. The number of hydrogen-bond donors (Lipinski definition) is 2. The Morgan fingerprint density at radius 2 is 1.00 bits per heavy atom. The summed E-state index contributed by atoms with van der Waals surface area (Å²) in [6.07, 6.45) is 0. The number of benzene rings is 2. The van der Waals surface area contributed by atoms with Gasteiger partial charge in [-0.3, -0.25) is 5.84 Å². The maximum absolute atomic E-state index is 13.1. The van der Waals surface area contributed by atoms with Crippen LogP contribution in [0.3, 0.4) is 0 Å². The predicted molar refractivity (Wildman–Crippen MR) is 61.9 cm³/mol. The Bertz CT molecular complexity index is 509. The second kappa shape index (κ2) is 5.38. The predicted octanol–water partition coefficient (Wildman–Crippen LogP) is 2.80. The zero-order valence-electron chi connectivity index (χ0n) is 9.63. The Labute approximate surface area is 106 Å². The first-order valence-corrected chi connectivity index (χ1v) is 5.37. The van der Waals surface area contributed by atoms with Gasteiger partial charge in [0, 0.05) is 12.1 Å². The van der Waals surface area contributed by atoms with Crippen molar-refractivity contribution in [2.75, 3.05) is 0 Å². The third kappa shape index (κ3) is 3.10. The highest BCUT2D eigenvalue weighted by Gasteiger charge is 2.16. The van der Waals surface area contributed by atoms with Crippen molar-refractivity contribution in [1.82, 2.24) is 5.43 Å². The van der Waals surface area contributed by atoms with Gasteiger partial charge in [-0.05, 0) is 35.4 Å². The van der Waals surface area contributed by atoms with E-state index >= 15 is 0 Å². The zero-order valence-corrected chi connectivity index (χ0v) is 9.63. The molecule has 19 heavy (non-hydrogen) atoms. The molecule has 2 aromatic rings. The maximum Gasteiger partial charge on any atom is 0.126 e. The van der Waals surface area contributed by atoms with Gasteiger partial charge < -0.3 is 0 Å². The Morgan fingerprint density at radius 3 is 1.26 bits per heavy atom. The summed E-state index contributed by atoms with van der Waals surface area (Å²) < 4.78 is 52.6. The monoisotopic (exact) mass is 270 g/mol. The molecule has 0 radical (unpaired) electrons. The van der Waals surface area contributed by atoms with E-state index in [9.17, 15) is 17.6 Å². The van der Waals surface area contributed by atoms with Crippen LogP contribution < -0.4 is 11.3 Å². The Morgan fingerprint density at radius 1 is 0.684 bits per heavy atom. The van der Waals surface area contributed by atoms with Gasteiger partial charge >= 0.3 is 0 Å². The molecule has 0 saturated heterocycles. The van der Waals surface area contributed by atoms with Crippen LogP contribution in [0.25, 0.3) is 0 Å². The summed E-state index contributed by atoms with van der Waals surface area (Å²) in [5, 5.41) is 0. The molecule has 3 N–H and O–H groups in total. The quantitative estimate of drug-likeness (QED) is 0.511. The van der Waals surface area contributed by atoms with E-state index in [-0.39, 0.29) is 11.1 Å². The third-order valence-corrected chi connectivity index (χ3v) is 2.60. The average Bonchev–Trinajstić information content (AvgIpc) is 2.27. The summed E-state index contributed by atoms with van der Waals surface area (Å²) in [6.45, 7) is 0. The summed E-state index contributed by atoms with van der Waals surface area (Å²) >= 11 is 0. The number of hydrogen-bond acceptors (Lipinski definition) is 2. The number of hydrazine groups is 1. The van der Waals surface area contributed by atoms with Crippen molar-refractivity contribution in [1.29, 1.82) is 0 Å². The molecule has 0 aliphatic rings. The van der Waals surface area contributed by atoms with E-state index in [4.69, 9.17) is 5.84 Å². The molecule has 6 heteroatoms. The van der Waals surface area contributed by atoms with Gasteiger partial charge in [0.05, 0.1) is 6.04 Å². The molecule has 0 spiro atoms. The first kappa shape index (κ1) is 13.5. The average molecular weight is 270 g/mol. The summed E-state index contributed by atoms with van der Waals surface area (Å²) in [5.74, 6) is 2.10. The van der Waals surface area contributed by atoms with Gasteiger partial charge in [0.2, 0.25) is 0 Å². The van der Waals surface area contributed by atoms with Crippen LogP contribution in [0.5, 0.6) is 0 Å². The highest BCUT2D eigenvalue weighted by atomic mass is 19.1. The summed E-state index contributed by atoms with van der Waals surface area (Å²) in [4.78, 5) is 0. The van der Waals surface area contributed by atoms with Crippen molar-refractivity contribution in [3.63, 3.8) is 0 Å². The van der Waals surface area contributed by atoms with Crippen LogP contribution in [0.4, 0.5) is 17.6 Å². The summed E-state index contributed by atoms with van der Waals surface area (Å²) in [5.41, 5.74) is 2.54. The van der Waals surface area contributed by atoms with Gasteiger partial charge in [0.25, 0.3) is 0 Å².